The molecule has 1 heterocycles. The Bertz CT molecular complexity index is 1060. The maximum absolute atomic E-state index is 12.5. The van der Waals surface area contributed by atoms with Crippen molar-refractivity contribution in [1.82, 2.24) is 4.57 Å². The van der Waals surface area contributed by atoms with Crippen LogP contribution in [-0.2, 0) is 16.1 Å². The van der Waals surface area contributed by atoms with Gasteiger partial charge in [0.05, 0.1) is 17.2 Å². The number of carbonyl (C=O) groups excluding carboxylic acids is 2. The van der Waals surface area contributed by atoms with Crippen LogP contribution in [-0.4, -0.2) is 23.1 Å². The predicted octanol–water partition coefficient (Wildman–Crippen LogP) is 3.82. The van der Waals surface area contributed by atoms with Crippen LogP contribution in [0.2, 0.25) is 0 Å². The van der Waals surface area contributed by atoms with Crippen LogP contribution in [0.1, 0.15) is 32.9 Å². The van der Waals surface area contributed by atoms with Crippen LogP contribution in [0.5, 0.6) is 0 Å². The van der Waals surface area contributed by atoms with Crippen LogP contribution in [0, 0.1) is 25.2 Å². The third kappa shape index (κ3) is 4.90. The Hall–Kier alpha value is -3.85. The summed E-state index contributed by atoms with van der Waals surface area (Å²) in [5, 5.41) is 11.4. The second kappa shape index (κ2) is 8.89. The summed E-state index contributed by atoms with van der Waals surface area (Å²) < 4.78 is 7.23. The van der Waals surface area contributed by atoms with Crippen molar-refractivity contribution in [2.24, 2.45) is 0 Å². The van der Waals surface area contributed by atoms with Crippen LogP contribution < -0.4 is 5.32 Å². The molecular formula is C23H21N3O3. The number of nitriles is 1. The van der Waals surface area contributed by atoms with Crippen molar-refractivity contribution in [3.8, 4) is 6.07 Å². The molecule has 146 valence electrons. The molecule has 0 spiro atoms. The molecule has 0 unspecified atom stereocenters. The quantitative estimate of drug-likeness (QED) is 0.652. The van der Waals surface area contributed by atoms with Crippen molar-refractivity contribution < 1.29 is 14.3 Å². The van der Waals surface area contributed by atoms with Gasteiger partial charge in [-0.2, -0.15) is 5.26 Å². The van der Waals surface area contributed by atoms with E-state index in [1.807, 2.05) is 54.8 Å². The lowest BCUT2D eigenvalue weighted by Crippen LogP contribution is -2.21. The molecule has 1 amide bonds. The molecule has 0 aliphatic rings. The number of amides is 1. The standard InChI is InChI=1S/C23H21N3O3/c1-16-12-21(17(2)26(16)14-19-6-4-3-5-7-19)23(28)29-15-22(27)25-20-10-8-18(13-24)9-11-20/h3-12H,14-15H2,1-2H3,(H,25,27). The van der Waals surface area contributed by atoms with Gasteiger partial charge < -0.3 is 14.6 Å². The van der Waals surface area contributed by atoms with Gasteiger partial charge >= 0.3 is 5.97 Å². The lowest BCUT2D eigenvalue weighted by Gasteiger charge is -2.10. The molecule has 1 N–H and O–H groups in total. The van der Waals surface area contributed by atoms with E-state index in [1.165, 1.54) is 0 Å². The van der Waals surface area contributed by atoms with E-state index in [9.17, 15) is 9.59 Å². The van der Waals surface area contributed by atoms with Crippen molar-refractivity contribution in [2.45, 2.75) is 20.4 Å². The number of nitrogens with zero attached hydrogens (tertiary/aromatic N) is 2. The molecule has 0 aliphatic carbocycles. The van der Waals surface area contributed by atoms with Gasteiger partial charge in [-0.25, -0.2) is 4.79 Å². The van der Waals surface area contributed by atoms with Crippen molar-refractivity contribution in [3.05, 3.63) is 88.7 Å². The fraction of sp³-hybridized carbons (Fsp3) is 0.174. The first kappa shape index (κ1) is 19.9. The van der Waals surface area contributed by atoms with Gasteiger partial charge in [-0.1, -0.05) is 30.3 Å². The maximum Gasteiger partial charge on any atom is 0.340 e. The summed E-state index contributed by atoms with van der Waals surface area (Å²) in [6, 6.07) is 20.2. The Morgan fingerprint density at radius 1 is 1.07 bits per heavy atom. The summed E-state index contributed by atoms with van der Waals surface area (Å²) in [5.74, 6) is -0.978. The first-order valence-electron chi connectivity index (χ1n) is 9.15. The Balaban J connectivity index is 1.61. The van der Waals surface area contributed by atoms with E-state index in [0.29, 0.717) is 23.4 Å². The number of rotatable bonds is 6. The number of nitrogens with one attached hydrogen (secondary N) is 1. The highest BCUT2D eigenvalue weighted by Crippen LogP contribution is 2.18. The van der Waals surface area contributed by atoms with Gasteiger partial charge in [0.1, 0.15) is 0 Å². The SMILES string of the molecule is Cc1cc(C(=O)OCC(=O)Nc2ccc(C#N)cc2)c(C)n1Cc1ccccc1. The number of aromatic nitrogens is 1. The number of benzene rings is 2. The summed E-state index contributed by atoms with van der Waals surface area (Å²) in [5.41, 5.74) is 4.36. The lowest BCUT2D eigenvalue weighted by molar-refractivity contribution is -0.119. The van der Waals surface area contributed by atoms with Crippen LogP contribution in [0.15, 0.2) is 60.7 Å². The highest BCUT2D eigenvalue weighted by Gasteiger charge is 2.18. The van der Waals surface area contributed by atoms with Crippen LogP contribution in [0.25, 0.3) is 0 Å². The predicted molar refractivity (Wildman–Crippen MR) is 110 cm³/mol. The third-order valence-corrected chi connectivity index (χ3v) is 4.61. The van der Waals surface area contributed by atoms with Crippen LogP contribution in [0.3, 0.4) is 0 Å². The fourth-order valence-electron chi connectivity index (χ4n) is 3.05. The van der Waals surface area contributed by atoms with Crippen LogP contribution in [0.4, 0.5) is 5.69 Å². The summed E-state index contributed by atoms with van der Waals surface area (Å²) >= 11 is 0. The van der Waals surface area contributed by atoms with E-state index in [4.69, 9.17) is 10.00 Å². The van der Waals surface area contributed by atoms with Gasteiger partial charge in [0.2, 0.25) is 0 Å². The second-order valence-electron chi connectivity index (χ2n) is 6.67. The number of carbonyl (C=O) groups is 2. The monoisotopic (exact) mass is 387 g/mol. The molecule has 0 saturated carbocycles. The normalized spacial score (nSPS) is 10.2. The number of hydrogen-bond donors (Lipinski definition) is 1. The van der Waals surface area contributed by atoms with Gasteiger partial charge in [-0.15, -0.1) is 0 Å². The molecule has 1 aromatic heterocycles. The molecular weight excluding hydrogens is 366 g/mol. The first-order valence-corrected chi connectivity index (χ1v) is 9.15. The average Bonchev–Trinajstić information content (AvgIpc) is 3.01. The molecule has 0 atom stereocenters. The van der Waals surface area contributed by atoms with Crippen molar-refractivity contribution in [1.29, 1.82) is 5.26 Å². The van der Waals surface area contributed by atoms with Crippen molar-refractivity contribution in [3.63, 3.8) is 0 Å². The molecule has 29 heavy (non-hydrogen) atoms. The van der Waals surface area contributed by atoms with Gasteiger partial charge in [-0.05, 0) is 49.7 Å². The molecule has 0 aliphatic heterocycles. The minimum atomic E-state index is -0.535. The Morgan fingerprint density at radius 2 is 1.76 bits per heavy atom. The van der Waals surface area contributed by atoms with Gasteiger partial charge in [-0.3, -0.25) is 4.79 Å². The van der Waals surface area contributed by atoms with E-state index < -0.39 is 11.9 Å². The molecule has 3 aromatic rings. The number of ether oxygens (including phenoxy) is 1. The zero-order valence-corrected chi connectivity index (χ0v) is 16.3. The number of hydrogen-bond acceptors (Lipinski definition) is 4. The van der Waals surface area contributed by atoms with E-state index in [1.54, 1.807) is 30.3 Å². The average molecular weight is 387 g/mol. The summed E-state index contributed by atoms with van der Waals surface area (Å²) in [6.45, 7) is 4.07. The van der Waals surface area contributed by atoms with E-state index in [0.717, 1.165) is 17.0 Å². The highest BCUT2D eigenvalue weighted by atomic mass is 16.5. The Kier molecular flexibility index (Phi) is 6.10. The molecule has 3 rings (SSSR count). The summed E-state index contributed by atoms with van der Waals surface area (Å²) in [4.78, 5) is 24.5. The molecule has 0 radical (unpaired) electrons. The van der Waals surface area contributed by atoms with E-state index >= 15 is 0 Å². The fourth-order valence-corrected chi connectivity index (χ4v) is 3.05. The summed E-state index contributed by atoms with van der Waals surface area (Å²) in [6.07, 6.45) is 0. The molecule has 6 heteroatoms. The second-order valence-corrected chi connectivity index (χ2v) is 6.67. The molecule has 6 nitrogen and oxygen atoms in total. The van der Waals surface area contributed by atoms with E-state index in [2.05, 4.69) is 5.32 Å². The molecule has 0 fully saturated rings. The lowest BCUT2D eigenvalue weighted by atomic mass is 10.2. The Labute approximate surface area is 169 Å². The molecule has 0 saturated heterocycles. The number of anilines is 1. The van der Waals surface area contributed by atoms with Gasteiger partial charge in [0.25, 0.3) is 5.91 Å². The minimum absolute atomic E-state index is 0.388. The van der Waals surface area contributed by atoms with Gasteiger partial charge in [0, 0.05) is 23.6 Å². The topological polar surface area (TPSA) is 84.1 Å². The smallest absolute Gasteiger partial charge is 0.340 e. The van der Waals surface area contributed by atoms with Crippen LogP contribution >= 0.6 is 0 Å². The maximum atomic E-state index is 12.5. The summed E-state index contributed by atoms with van der Waals surface area (Å²) in [7, 11) is 0. The van der Waals surface area contributed by atoms with Gasteiger partial charge in [0.15, 0.2) is 6.61 Å². The third-order valence-electron chi connectivity index (χ3n) is 4.61. The number of aryl methyl sites for hydroxylation is 1. The highest BCUT2D eigenvalue weighted by molar-refractivity contribution is 5.96. The molecule has 2 aromatic carbocycles. The zero-order valence-electron chi connectivity index (χ0n) is 16.3. The molecule has 0 bridgehead atoms. The Morgan fingerprint density at radius 3 is 2.41 bits per heavy atom. The first-order chi connectivity index (χ1) is 14.0. The minimum Gasteiger partial charge on any atom is -0.452 e. The number of esters is 1. The van der Waals surface area contributed by atoms with Crippen molar-refractivity contribution >= 4 is 17.6 Å². The van der Waals surface area contributed by atoms with E-state index in [-0.39, 0.29) is 6.61 Å². The largest absolute Gasteiger partial charge is 0.452 e. The zero-order chi connectivity index (χ0) is 20.8. The van der Waals surface area contributed by atoms with Crippen molar-refractivity contribution in [2.75, 3.05) is 11.9 Å².